The van der Waals surface area contributed by atoms with Gasteiger partial charge in [-0.15, -0.1) is 10.2 Å². The van der Waals surface area contributed by atoms with Crippen LogP contribution in [-0.4, -0.2) is 92.4 Å². The molecule has 0 unspecified atom stereocenters. The summed E-state index contributed by atoms with van der Waals surface area (Å²) in [6, 6.07) is 16.5. The van der Waals surface area contributed by atoms with Gasteiger partial charge in [-0.25, -0.2) is 0 Å². The lowest BCUT2D eigenvalue weighted by atomic mass is 10.1. The molecule has 0 radical (unpaired) electrons. The fourth-order valence-corrected chi connectivity index (χ4v) is 4.76. The van der Waals surface area contributed by atoms with Crippen LogP contribution in [0.3, 0.4) is 0 Å². The van der Waals surface area contributed by atoms with Crippen molar-refractivity contribution in [3.05, 3.63) is 60.2 Å². The standard InChI is InChI=1S/C31H39N5O5/c1-6-22(2)20-36(31(38)23-8-7-9-24(18-23)39-3)21-30(37)35-16-14-34(15-17-35)29-13-12-27(32-33-29)26-11-10-25(40-4)19-28(26)41-5/h7-13,18-19,22H,6,14-17,20-21H2,1-5H3/t22-/m1/s1. The molecule has 218 valence electrons. The van der Waals surface area contributed by atoms with Crippen molar-refractivity contribution in [2.75, 3.05) is 65.5 Å². The van der Waals surface area contributed by atoms with Gasteiger partial charge < -0.3 is 28.9 Å². The molecule has 1 aromatic heterocycles. The predicted molar refractivity (Wildman–Crippen MR) is 158 cm³/mol. The normalized spacial score (nSPS) is 13.9. The van der Waals surface area contributed by atoms with E-state index in [0.717, 1.165) is 17.8 Å². The molecule has 1 aliphatic rings. The van der Waals surface area contributed by atoms with Gasteiger partial charge in [0.15, 0.2) is 5.82 Å². The summed E-state index contributed by atoms with van der Waals surface area (Å²) in [6.07, 6.45) is 0.916. The third kappa shape index (κ3) is 7.25. The van der Waals surface area contributed by atoms with Gasteiger partial charge in [0.1, 0.15) is 23.8 Å². The second-order valence-electron chi connectivity index (χ2n) is 10.1. The summed E-state index contributed by atoms with van der Waals surface area (Å²) >= 11 is 0. The van der Waals surface area contributed by atoms with Crippen molar-refractivity contribution >= 4 is 17.6 Å². The first-order valence-electron chi connectivity index (χ1n) is 13.9. The summed E-state index contributed by atoms with van der Waals surface area (Å²) in [6.45, 7) is 7.06. The third-order valence-corrected chi connectivity index (χ3v) is 7.45. The molecule has 10 heteroatoms. The molecular formula is C31H39N5O5. The summed E-state index contributed by atoms with van der Waals surface area (Å²) in [5.41, 5.74) is 2.04. The Morgan fingerprint density at radius 2 is 1.63 bits per heavy atom. The van der Waals surface area contributed by atoms with E-state index in [1.165, 1.54) is 0 Å². The number of carbonyl (C=O) groups is 2. The Bertz CT molecular complexity index is 1320. The Hall–Kier alpha value is -4.34. The molecule has 2 heterocycles. The van der Waals surface area contributed by atoms with Gasteiger partial charge in [-0.2, -0.15) is 0 Å². The van der Waals surface area contributed by atoms with Crippen LogP contribution in [0.1, 0.15) is 30.6 Å². The van der Waals surface area contributed by atoms with Gasteiger partial charge in [0.05, 0.1) is 27.0 Å². The Labute approximate surface area is 241 Å². The average molecular weight is 562 g/mol. The van der Waals surface area contributed by atoms with E-state index >= 15 is 0 Å². The Kier molecular flexibility index (Phi) is 10.00. The van der Waals surface area contributed by atoms with E-state index in [1.807, 2.05) is 35.2 Å². The zero-order chi connectivity index (χ0) is 29.4. The van der Waals surface area contributed by atoms with Gasteiger partial charge in [-0.3, -0.25) is 9.59 Å². The minimum atomic E-state index is -0.167. The molecular weight excluding hydrogens is 522 g/mol. The number of carbonyl (C=O) groups excluding carboxylic acids is 2. The lowest BCUT2D eigenvalue weighted by Gasteiger charge is -2.36. The summed E-state index contributed by atoms with van der Waals surface area (Å²) in [4.78, 5) is 32.3. The van der Waals surface area contributed by atoms with E-state index in [-0.39, 0.29) is 24.3 Å². The number of ether oxygens (including phenoxy) is 3. The van der Waals surface area contributed by atoms with Crippen LogP contribution >= 0.6 is 0 Å². The number of aromatic nitrogens is 2. The minimum absolute atomic E-state index is 0.0403. The molecule has 1 atom stereocenters. The van der Waals surface area contributed by atoms with Crippen molar-refractivity contribution < 1.29 is 23.8 Å². The second-order valence-corrected chi connectivity index (χ2v) is 10.1. The van der Waals surface area contributed by atoms with Crippen molar-refractivity contribution in [1.82, 2.24) is 20.0 Å². The first kappa shape index (κ1) is 29.6. The molecule has 10 nitrogen and oxygen atoms in total. The van der Waals surface area contributed by atoms with Crippen LogP contribution in [0.5, 0.6) is 17.2 Å². The molecule has 4 rings (SSSR count). The number of piperazine rings is 1. The van der Waals surface area contributed by atoms with Crippen LogP contribution in [0, 0.1) is 5.92 Å². The van der Waals surface area contributed by atoms with Gasteiger partial charge in [-0.1, -0.05) is 26.3 Å². The van der Waals surface area contributed by atoms with Crippen molar-refractivity contribution in [3.63, 3.8) is 0 Å². The SMILES string of the molecule is CC[C@@H](C)CN(CC(=O)N1CCN(c2ccc(-c3ccc(OC)cc3OC)nn2)CC1)C(=O)c1cccc(OC)c1. The number of hydrogen-bond donors (Lipinski definition) is 0. The maximum atomic E-state index is 13.4. The fraction of sp³-hybridized carbons (Fsp3) is 0.419. The molecule has 0 aliphatic carbocycles. The zero-order valence-electron chi connectivity index (χ0n) is 24.5. The fourth-order valence-electron chi connectivity index (χ4n) is 4.76. The van der Waals surface area contributed by atoms with Crippen molar-refractivity contribution in [3.8, 4) is 28.5 Å². The molecule has 3 aromatic rings. The number of anilines is 1. The van der Waals surface area contributed by atoms with E-state index in [0.29, 0.717) is 61.2 Å². The number of benzene rings is 2. The monoisotopic (exact) mass is 561 g/mol. The van der Waals surface area contributed by atoms with Crippen LogP contribution in [0.4, 0.5) is 5.82 Å². The molecule has 0 bridgehead atoms. The molecule has 1 saturated heterocycles. The Balaban J connectivity index is 1.38. The summed E-state index contributed by atoms with van der Waals surface area (Å²) in [5.74, 6) is 2.77. The summed E-state index contributed by atoms with van der Waals surface area (Å²) in [7, 11) is 4.79. The van der Waals surface area contributed by atoms with E-state index in [4.69, 9.17) is 14.2 Å². The van der Waals surface area contributed by atoms with Gasteiger partial charge in [0.2, 0.25) is 5.91 Å². The Morgan fingerprint density at radius 1 is 0.902 bits per heavy atom. The molecule has 1 fully saturated rings. The molecule has 0 saturated carbocycles. The molecule has 2 amide bonds. The van der Waals surface area contributed by atoms with E-state index in [1.54, 1.807) is 50.5 Å². The van der Waals surface area contributed by atoms with Crippen LogP contribution in [0.15, 0.2) is 54.6 Å². The first-order chi connectivity index (χ1) is 19.9. The largest absolute Gasteiger partial charge is 0.497 e. The van der Waals surface area contributed by atoms with Crippen LogP contribution in [0.25, 0.3) is 11.3 Å². The van der Waals surface area contributed by atoms with Gasteiger partial charge in [0.25, 0.3) is 5.91 Å². The quantitative estimate of drug-likeness (QED) is 0.347. The van der Waals surface area contributed by atoms with E-state index in [2.05, 4.69) is 28.9 Å². The third-order valence-electron chi connectivity index (χ3n) is 7.45. The van der Waals surface area contributed by atoms with Crippen molar-refractivity contribution in [1.29, 1.82) is 0 Å². The molecule has 41 heavy (non-hydrogen) atoms. The highest BCUT2D eigenvalue weighted by Gasteiger charge is 2.27. The van der Waals surface area contributed by atoms with Gasteiger partial charge in [0, 0.05) is 49.9 Å². The maximum Gasteiger partial charge on any atom is 0.254 e. The van der Waals surface area contributed by atoms with E-state index in [9.17, 15) is 9.59 Å². The Morgan fingerprint density at radius 3 is 2.27 bits per heavy atom. The molecule has 0 spiro atoms. The van der Waals surface area contributed by atoms with Crippen LogP contribution < -0.4 is 19.1 Å². The number of amides is 2. The zero-order valence-corrected chi connectivity index (χ0v) is 24.5. The highest BCUT2D eigenvalue weighted by molar-refractivity contribution is 5.97. The van der Waals surface area contributed by atoms with E-state index < -0.39 is 0 Å². The lowest BCUT2D eigenvalue weighted by molar-refractivity contribution is -0.132. The number of methoxy groups -OCH3 is 3. The highest BCUT2D eigenvalue weighted by Crippen LogP contribution is 2.32. The highest BCUT2D eigenvalue weighted by atomic mass is 16.5. The number of hydrogen-bond acceptors (Lipinski definition) is 8. The number of rotatable bonds is 11. The minimum Gasteiger partial charge on any atom is -0.497 e. The maximum absolute atomic E-state index is 13.4. The predicted octanol–water partition coefficient (Wildman–Crippen LogP) is 4.01. The topological polar surface area (TPSA) is 97.3 Å². The second kappa shape index (κ2) is 13.8. The number of nitrogens with zero attached hydrogens (tertiary/aromatic N) is 5. The van der Waals surface area contributed by atoms with Gasteiger partial charge >= 0.3 is 0 Å². The van der Waals surface area contributed by atoms with Crippen LogP contribution in [0.2, 0.25) is 0 Å². The van der Waals surface area contributed by atoms with Crippen molar-refractivity contribution in [2.45, 2.75) is 20.3 Å². The molecule has 0 N–H and O–H groups in total. The smallest absolute Gasteiger partial charge is 0.254 e. The first-order valence-corrected chi connectivity index (χ1v) is 13.9. The van der Waals surface area contributed by atoms with Crippen LogP contribution in [-0.2, 0) is 4.79 Å². The lowest BCUT2D eigenvalue weighted by Crippen LogP contribution is -2.52. The summed E-state index contributed by atoms with van der Waals surface area (Å²) in [5, 5.41) is 8.88. The summed E-state index contributed by atoms with van der Waals surface area (Å²) < 4.78 is 16.1. The van der Waals surface area contributed by atoms with Crippen molar-refractivity contribution in [2.24, 2.45) is 5.92 Å². The molecule has 1 aliphatic heterocycles. The average Bonchev–Trinajstić information content (AvgIpc) is 3.03. The molecule has 2 aromatic carbocycles. The van der Waals surface area contributed by atoms with Gasteiger partial charge in [-0.05, 0) is 48.4 Å².